The monoisotopic (exact) mass is 371 g/mol. The van der Waals surface area contributed by atoms with Crippen LogP contribution in [0, 0.1) is 0 Å². The zero-order valence-corrected chi connectivity index (χ0v) is 14.8. The molecule has 0 bridgehead atoms. The number of piperazine rings is 1. The van der Waals surface area contributed by atoms with Gasteiger partial charge in [0.05, 0.1) is 17.7 Å². The highest BCUT2D eigenvalue weighted by molar-refractivity contribution is 5.75. The Morgan fingerprint density at radius 1 is 1.27 bits per heavy atom. The minimum Gasteiger partial charge on any atom is -0.376 e. The lowest BCUT2D eigenvalue weighted by molar-refractivity contribution is -0.137. The van der Waals surface area contributed by atoms with E-state index in [2.05, 4.69) is 5.32 Å². The van der Waals surface area contributed by atoms with Crippen LogP contribution in [0.3, 0.4) is 0 Å². The van der Waals surface area contributed by atoms with Gasteiger partial charge in [0.1, 0.15) is 0 Å². The quantitative estimate of drug-likeness (QED) is 0.888. The molecule has 2 heterocycles. The van der Waals surface area contributed by atoms with Crippen LogP contribution in [0.2, 0.25) is 0 Å². The van der Waals surface area contributed by atoms with E-state index in [1.54, 1.807) is 11.0 Å². The van der Waals surface area contributed by atoms with Gasteiger partial charge in [-0.1, -0.05) is 6.07 Å². The van der Waals surface area contributed by atoms with Crippen LogP contribution >= 0.6 is 0 Å². The minimum atomic E-state index is -4.35. The molecule has 2 amide bonds. The third kappa shape index (κ3) is 4.41. The molecular formula is C18H24F3N3O2. The molecule has 2 fully saturated rings. The van der Waals surface area contributed by atoms with E-state index >= 15 is 0 Å². The molecule has 2 aliphatic heterocycles. The van der Waals surface area contributed by atoms with Gasteiger partial charge in [-0.25, -0.2) is 4.79 Å². The summed E-state index contributed by atoms with van der Waals surface area (Å²) in [5.74, 6) is 0. The Bertz CT molecular complexity index is 624. The summed E-state index contributed by atoms with van der Waals surface area (Å²) >= 11 is 0. The average Bonchev–Trinajstić information content (AvgIpc) is 3.16. The summed E-state index contributed by atoms with van der Waals surface area (Å²) in [6.45, 7) is 4.63. The van der Waals surface area contributed by atoms with E-state index in [0.717, 1.165) is 31.6 Å². The number of ether oxygens (including phenoxy) is 1. The van der Waals surface area contributed by atoms with E-state index < -0.39 is 11.7 Å². The smallest absolute Gasteiger partial charge is 0.376 e. The third-order valence-corrected chi connectivity index (χ3v) is 4.98. The van der Waals surface area contributed by atoms with Crippen LogP contribution < -0.4 is 10.2 Å². The SMILES string of the molecule is C[C@@H](NC(=O)N1CCN(c2cccc(C(F)(F)F)c2)CC1)[C@H]1CCCO1. The van der Waals surface area contributed by atoms with Crippen molar-refractivity contribution < 1.29 is 22.7 Å². The second-order valence-electron chi connectivity index (χ2n) is 6.81. The summed E-state index contributed by atoms with van der Waals surface area (Å²) in [5, 5.41) is 2.97. The van der Waals surface area contributed by atoms with Crippen molar-refractivity contribution in [2.75, 3.05) is 37.7 Å². The van der Waals surface area contributed by atoms with Crippen molar-refractivity contribution in [2.45, 2.75) is 38.1 Å². The van der Waals surface area contributed by atoms with Gasteiger partial charge >= 0.3 is 12.2 Å². The van der Waals surface area contributed by atoms with Crippen LogP contribution in [0.1, 0.15) is 25.3 Å². The van der Waals surface area contributed by atoms with Gasteiger partial charge in [-0.15, -0.1) is 0 Å². The molecular weight excluding hydrogens is 347 g/mol. The lowest BCUT2D eigenvalue weighted by Crippen LogP contribution is -2.54. The van der Waals surface area contributed by atoms with Gasteiger partial charge in [-0.3, -0.25) is 0 Å². The standard InChI is InChI=1S/C18H24F3N3O2/c1-13(16-6-3-11-26-16)22-17(25)24-9-7-23(8-10-24)15-5-2-4-14(12-15)18(19,20)21/h2,4-5,12-13,16H,3,6-11H2,1H3,(H,22,25)/t13-,16-/m1/s1. The van der Waals surface area contributed by atoms with Gasteiger partial charge < -0.3 is 19.9 Å². The van der Waals surface area contributed by atoms with E-state index in [4.69, 9.17) is 4.74 Å². The first kappa shape index (κ1) is 18.8. The number of urea groups is 1. The number of halogens is 3. The van der Waals surface area contributed by atoms with Crippen molar-refractivity contribution in [2.24, 2.45) is 0 Å². The molecule has 3 rings (SSSR count). The van der Waals surface area contributed by atoms with Crippen LogP contribution in [-0.4, -0.2) is 55.9 Å². The maximum absolute atomic E-state index is 12.9. The van der Waals surface area contributed by atoms with Gasteiger partial charge in [0.2, 0.25) is 0 Å². The molecule has 144 valence electrons. The number of hydrogen-bond donors (Lipinski definition) is 1. The Morgan fingerprint density at radius 3 is 2.62 bits per heavy atom. The second kappa shape index (κ2) is 7.73. The predicted molar refractivity (Wildman–Crippen MR) is 92.2 cm³/mol. The van der Waals surface area contributed by atoms with Gasteiger partial charge in [-0.2, -0.15) is 13.2 Å². The Morgan fingerprint density at radius 2 is 2.00 bits per heavy atom. The number of amides is 2. The predicted octanol–water partition coefficient (Wildman–Crippen LogP) is 3.10. The summed E-state index contributed by atoms with van der Waals surface area (Å²) in [4.78, 5) is 16.0. The van der Waals surface area contributed by atoms with E-state index in [9.17, 15) is 18.0 Å². The van der Waals surface area contributed by atoms with Crippen molar-refractivity contribution in [3.8, 4) is 0 Å². The summed E-state index contributed by atoms with van der Waals surface area (Å²) < 4.78 is 44.2. The fourth-order valence-corrected chi connectivity index (χ4v) is 3.42. The van der Waals surface area contributed by atoms with Crippen LogP contribution in [-0.2, 0) is 10.9 Å². The number of hydrogen-bond acceptors (Lipinski definition) is 3. The number of rotatable bonds is 3. The second-order valence-corrected chi connectivity index (χ2v) is 6.81. The molecule has 0 radical (unpaired) electrons. The van der Waals surface area contributed by atoms with Crippen LogP contribution in [0.25, 0.3) is 0 Å². The van der Waals surface area contributed by atoms with Crippen LogP contribution in [0.4, 0.5) is 23.7 Å². The summed E-state index contributed by atoms with van der Waals surface area (Å²) in [5.41, 5.74) is -0.117. The lowest BCUT2D eigenvalue weighted by Gasteiger charge is -2.37. The molecule has 2 atom stereocenters. The summed E-state index contributed by atoms with van der Waals surface area (Å²) in [6.07, 6.45) is -2.33. The van der Waals surface area contributed by atoms with E-state index in [0.29, 0.717) is 31.9 Å². The van der Waals surface area contributed by atoms with Crippen molar-refractivity contribution in [1.82, 2.24) is 10.2 Å². The highest BCUT2D eigenvalue weighted by Crippen LogP contribution is 2.31. The van der Waals surface area contributed by atoms with Gasteiger partial charge in [-0.05, 0) is 38.0 Å². The van der Waals surface area contributed by atoms with E-state index in [1.807, 2.05) is 11.8 Å². The molecule has 2 saturated heterocycles. The highest BCUT2D eigenvalue weighted by atomic mass is 19.4. The number of carbonyl (C=O) groups excluding carboxylic acids is 1. The number of nitrogens with one attached hydrogen (secondary N) is 1. The van der Waals surface area contributed by atoms with Crippen molar-refractivity contribution >= 4 is 11.7 Å². The maximum atomic E-state index is 12.9. The maximum Gasteiger partial charge on any atom is 0.416 e. The Balaban J connectivity index is 1.53. The topological polar surface area (TPSA) is 44.8 Å². The first-order valence-corrected chi connectivity index (χ1v) is 8.94. The fraction of sp³-hybridized carbons (Fsp3) is 0.611. The zero-order valence-electron chi connectivity index (χ0n) is 14.8. The molecule has 8 heteroatoms. The Kier molecular flexibility index (Phi) is 5.60. The highest BCUT2D eigenvalue weighted by Gasteiger charge is 2.31. The molecule has 0 unspecified atom stereocenters. The number of anilines is 1. The van der Waals surface area contributed by atoms with Crippen molar-refractivity contribution in [3.05, 3.63) is 29.8 Å². The number of nitrogens with zero attached hydrogens (tertiary/aromatic N) is 2. The third-order valence-electron chi connectivity index (χ3n) is 4.98. The van der Waals surface area contributed by atoms with E-state index in [1.165, 1.54) is 6.07 Å². The van der Waals surface area contributed by atoms with Gasteiger partial charge in [0.15, 0.2) is 0 Å². The van der Waals surface area contributed by atoms with Gasteiger partial charge in [0.25, 0.3) is 0 Å². The molecule has 5 nitrogen and oxygen atoms in total. The van der Waals surface area contributed by atoms with Crippen LogP contribution in [0.5, 0.6) is 0 Å². The average molecular weight is 371 g/mol. The van der Waals surface area contributed by atoms with Crippen molar-refractivity contribution in [1.29, 1.82) is 0 Å². The molecule has 26 heavy (non-hydrogen) atoms. The fourth-order valence-electron chi connectivity index (χ4n) is 3.42. The zero-order chi connectivity index (χ0) is 18.7. The minimum absolute atomic E-state index is 0.0495. The van der Waals surface area contributed by atoms with E-state index in [-0.39, 0.29) is 18.2 Å². The number of carbonyl (C=O) groups is 1. The largest absolute Gasteiger partial charge is 0.416 e. The molecule has 1 aromatic carbocycles. The molecule has 0 aliphatic carbocycles. The first-order chi connectivity index (χ1) is 12.3. The Hall–Kier alpha value is -1.96. The molecule has 0 spiro atoms. The molecule has 2 aliphatic rings. The first-order valence-electron chi connectivity index (χ1n) is 8.94. The number of alkyl halides is 3. The summed E-state index contributed by atoms with van der Waals surface area (Å²) in [7, 11) is 0. The Labute approximate surface area is 151 Å². The molecule has 0 saturated carbocycles. The molecule has 1 N–H and O–H groups in total. The van der Waals surface area contributed by atoms with Crippen molar-refractivity contribution in [3.63, 3.8) is 0 Å². The molecule has 0 aromatic heterocycles. The summed E-state index contributed by atoms with van der Waals surface area (Å²) in [6, 6.07) is 5.13. The number of benzene rings is 1. The lowest BCUT2D eigenvalue weighted by atomic mass is 10.1. The van der Waals surface area contributed by atoms with Crippen LogP contribution in [0.15, 0.2) is 24.3 Å². The normalized spacial score (nSPS) is 22.4. The van der Waals surface area contributed by atoms with Gasteiger partial charge in [0, 0.05) is 38.5 Å². The molecule has 1 aromatic rings.